The van der Waals surface area contributed by atoms with E-state index >= 15 is 0 Å². The largest absolute Gasteiger partial charge is 0.344 e. The van der Waals surface area contributed by atoms with Crippen LogP contribution in [0.15, 0.2) is 24.3 Å². The first-order valence-corrected chi connectivity index (χ1v) is 8.21. The summed E-state index contributed by atoms with van der Waals surface area (Å²) in [7, 11) is 0. The van der Waals surface area contributed by atoms with Gasteiger partial charge >= 0.3 is 0 Å². The van der Waals surface area contributed by atoms with Crippen molar-refractivity contribution in [3.05, 3.63) is 30.1 Å². The molecule has 6 nitrogen and oxygen atoms in total. The van der Waals surface area contributed by atoms with Gasteiger partial charge in [-0.3, -0.25) is 9.59 Å². The Hall–Kier alpha value is -2.02. The molecule has 1 fully saturated rings. The Labute approximate surface area is 132 Å². The second-order valence-electron chi connectivity index (χ2n) is 5.66. The quantitative estimate of drug-likeness (QED) is 0.806. The van der Waals surface area contributed by atoms with Crippen LogP contribution >= 0.6 is 11.8 Å². The van der Waals surface area contributed by atoms with Gasteiger partial charge in [0.1, 0.15) is 11.9 Å². The summed E-state index contributed by atoms with van der Waals surface area (Å²) < 4.78 is 0. The fourth-order valence-corrected chi connectivity index (χ4v) is 3.23. The van der Waals surface area contributed by atoms with E-state index in [1.807, 2.05) is 38.1 Å². The number of carbonyl (C=O) groups excluding carboxylic acids is 2. The highest BCUT2D eigenvalue weighted by Gasteiger charge is 2.31. The number of thioether (sulfide) groups is 1. The topological polar surface area (TPSA) is 86.9 Å². The molecular weight excluding hydrogens is 300 g/mol. The molecule has 3 rings (SSSR count). The minimum Gasteiger partial charge on any atom is -0.344 e. The molecule has 0 spiro atoms. The van der Waals surface area contributed by atoms with Gasteiger partial charge in [0.25, 0.3) is 5.24 Å². The number of aromatic nitrogens is 2. The van der Waals surface area contributed by atoms with Crippen LogP contribution in [0.4, 0.5) is 4.79 Å². The highest BCUT2D eigenvalue weighted by Crippen LogP contribution is 2.23. The van der Waals surface area contributed by atoms with Gasteiger partial charge in [-0.2, -0.15) is 0 Å². The van der Waals surface area contributed by atoms with Gasteiger partial charge in [0, 0.05) is 5.75 Å². The number of hydrogen-bond acceptors (Lipinski definition) is 4. The van der Waals surface area contributed by atoms with E-state index in [-0.39, 0.29) is 23.1 Å². The van der Waals surface area contributed by atoms with Crippen LogP contribution < -0.4 is 10.6 Å². The Balaban J connectivity index is 1.80. The summed E-state index contributed by atoms with van der Waals surface area (Å²) in [5.41, 5.74) is 1.82. The van der Waals surface area contributed by atoms with Gasteiger partial charge in [0.05, 0.1) is 17.1 Å². The monoisotopic (exact) mass is 318 g/mol. The molecule has 0 bridgehead atoms. The van der Waals surface area contributed by atoms with E-state index in [0.717, 1.165) is 28.6 Å². The predicted molar refractivity (Wildman–Crippen MR) is 86.6 cm³/mol. The second-order valence-corrected chi connectivity index (χ2v) is 6.66. The minimum absolute atomic E-state index is 0.148. The molecule has 1 saturated heterocycles. The van der Waals surface area contributed by atoms with E-state index in [1.165, 1.54) is 0 Å². The number of aromatic amines is 1. The maximum atomic E-state index is 12.3. The second kappa shape index (κ2) is 6.00. The number of hydrogen-bond donors (Lipinski definition) is 3. The number of H-pyrrole nitrogens is 1. The molecule has 116 valence electrons. The molecule has 1 aromatic heterocycles. The van der Waals surface area contributed by atoms with Crippen molar-refractivity contribution in [2.45, 2.75) is 25.9 Å². The summed E-state index contributed by atoms with van der Waals surface area (Å²) in [6, 6.07) is 7.08. The van der Waals surface area contributed by atoms with Gasteiger partial charge in [0.2, 0.25) is 5.91 Å². The summed E-state index contributed by atoms with van der Waals surface area (Å²) in [4.78, 5) is 31.4. The van der Waals surface area contributed by atoms with E-state index in [9.17, 15) is 9.59 Å². The van der Waals surface area contributed by atoms with Gasteiger partial charge in [-0.1, -0.05) is 37.7 Å². The number of rotatable bonds is 4. The highest BCUT2D eigenvalue weighted by molar-refractivity contribution is 8.14. The number of amides is 2. The summed E-state index contributed by atoms with van der Waals surface area (Å²) in [6.07, 6.45) is 0. The van der Waals surface area contributed by atoms with Crippen molar-refractivity contribution in [2.75, 3.05) is 5.75 Å². The Morgan fingerprint density at radius 1 is 1.41 bits per heavy atom. The lowest BCUT2D eigenvalue weighted by atomic mass is 10.0. The van der Waals surface area contributed by atoms with E-state index in [2.05, 4.69) is 20.6 Å². The zero-order chi connectivity index (χ0) is 15.7. The van der Waals surface area contributed by atoms with Crippen LogP contribution in [0.1, 0.15) is 25.7 Å². The first kappa shape index (κ1) is 14.9. The van der Waals surface area contributed by atoms with Gasteiger partial charge < -0.3 is 15.6 Å². The van der Waals surface area contributed by atoms with Crippen molar-refractivity contribution in [1.82, 2.24) is 20.6 Å². The Bertz CT molecular complexity index is 679. The third-order valence-corrected chi connectivity index (χ3v) is 4.54. The summed E-state index contributed by atoms with van der Waals surface area (Å²) in [5.74, 6) is 1.21. The van der Waals surface area contributed by atoms with Gasteiger partial charge in [0.15, 0.2) is 0 Å². The molecule has 3 N–H and O–H groups in total. The molecule has 2 atom stereocenters. The summed E-state index contributed by atoms with van der Waals surface area (Å²) >= 11 is 1.13. The molecular formula is C15H18N4O2S. The van der Waals surface area contributed by atoms with Crippen molar-refractivity contribution in [2.24, 2.45) is 5.92 Å². The molecule has 0 radical (unpaired) electrons. The maximum absolute atomic E-state index is 12.3. The third-order valence-electron chi connectivity index (χ3n) is 3.66. The summed E-state index contributed by atoms with van der Waals surface area (Å²) in [6.45, 7) is 4.06. The van der Waals surface area contributed by atoms with Crippen LogP contribution in [-0.2, 0) is 4.79 Å². The average molecular weight is 318 g/mol. The molecule has 2 unspecified atom stereocenters. The van der Waals surface area contributed by atoms with Crippen molar-refractivity contribution in [1.29, 1.82) is 0 Å². The highest BCUT2D eigenvalue weighted by atomic mass is 32.2. The smallest absolute Gasteiger partial charge is 0.279 e. The lowest BCUT2D eigenvalue weighted by Crippen LogP contribution is -2.45. The molecule has 1 aliphatic rings. The van der Waals surface area contributed by atoms with Gasteiger partial charge in [-0.05, 0) is 18.1 Å². The van der Waals surface area contributed by atoms with Gasteiger partial charge in [-0.15, -0.1) is 0 Å². The Morgan fingerprint density at radius 2 is 2.18 bits per heavy atom. The molecule has 22 heavy (non-hydrogen) atoms. The molecule has 0 aliphatic carbocycles. The van der Waals surface area contributed by atoms with Crippen LogP contribution in [0, 0.1) is 5.92 Å². The van der Waals surface area contributed by atoms with E-state index in [1.54, 1.807) is 0 Å². The van der Waals surface area contributed by atoms with E-state index in [0.29, 0.717) is 5.75 Å². The molecule has 2 heterocycles. The summed E-state index contributed by atoms with van der Waals surface area (Å²) in [5, 5.41) is 5.50. The average Bonchev–Trinajstić information content (AvgIpc) is 3.09. The first-order chi connectivity index (χ1) is 10.5. The van der Waals surface area contributed by atoms with Crippen LogP contribution in [-0.4, -0.2) is 32.9 Å². The molecule has 2 aromatic rings. The number of nitrogens with zero attached hydrogens (tertiary/aromatic N) is 1. The fourth-order valence-electron chi connectivity index (χ4n) is 2.45. The lowest BCUT2D eigenvalue weighted by molar-refractivity contribution is -0.123. The van der Waals surface area contributed by atoms with E-state index < -0.39 is 6.04 Å². The molecule has 1 aromatic carbocycles. The standard InChI is InChI=1S/C15H18N4O2S/c1-8(2)12(19-14(20)11-7-22-15(21)18-11)13-16-9-5-3-4-6-10(9)17-13/h3-6,8,11-12H,7H2,1-2H3,(H,16,17)(H,18,21)(H,19,20). The van der Waals surface area contributed by atoms with Crippen LogP contribution in [0.25, 0.3) is 11.0 Å². The Morgan fingerprint density at radius 3 is 2.82 bits per heavy atom. The van der Waals surface area contributed by atoms with Crippen molar-refractivity contribution >= 4 is 33.9 Å². The van der Waals surface area contributed by atoms with Crippen molar-refractivity contribution < 1.29 is 9.59 Å². The van der Waals surface area contributed by atoms with Crippen molar-refractivity contribution in [3.63, 3.8) is 0 Å². The zero-order valence-electron chi connectivity index (χ0n) is 12.4. The zero-order valence-corrected chi connectivity index (χ0v) is 13.2. The first-order valence-electron chi connectivity index (χ1n) is 7.23. The number of carbonyl (C=O) groups is 2. The number of imidazole rings is 1. The number of nitrogens with one attached hydrogen (secondary N) is 3. The predicted octanol–water partition coefficient (Wildman–Crippen LogP) is 2.20. The van der Waals surface area contributed by atoms with Gasteiger partial charge in [-0.25, -0.2) is 4.98 Å². The van der Waals surface area contributed by atoms with E-state index in [4.69, 9.17) is 0 Å². The van der Waals surface area contributed by atoms with Crippen LogP contribution in [0.5, 0.6) is 0 Å². The van der Waals surface area contributed by atoms with Crippen molar-refractivity contribution in [3.8, 4) is 0 Å². The lowest BCUT2D eigenvalue weighted by Gasteiger charge is -2.22. The minimum atomic E-state index is -0.469. The number of para-hydroxylation sites is 2. The number of benzene rings is 1. The molecule has 2 amide bonds. The fraction of sp³-hybridized carbons (Fsp3) is 0.400. The van der Waals surface area contributed by atoms with Crippen LogP contribution in [0.3, 0.4) is 0 Å². The normalized spacial score (nSPS) is 19.4. The Kier molecular flexibility index (Phi) is 4.06. The molecule has 7 heteroatoms. The van der Waals surface area contributed by atoms with Crippen LogP contribution in [0.2, 0.25) is 0 Å². The molecule has 0 saturated carbocycles. The number of fused-ring (bicyclic) bond motifs is 1. The third kappa shape index (κ3) is 2.94. The maximum Gasteiger partial charge on any atom is 0.279 e. The SMILES string of the molecule is CC(C)C(NC(=O)C1CSC(=O)N1)c1nc2ccccc2[nH]1. The molecule has 1 aliphatic heterocycles.